The van der Waals surface area contributed by atoms with Crippen LogP contribution in [0, 0.1) is 6.92 Å². The van der Waals surface area contributed by atoms with Crippen molar-refractivity contribution in [2.45, 2.75) is 44.9 Å². The van der Waals surface area contributed by atoms with Crippen molar-refractivity contribution in [1.82, 2.24) is 15.2 Å². The standard InChI is InChI=1S/C16H21N3O/c1-11-8-9-13(10-14(11)20-2)16-17-15(18-19-16)12-6-4-3-5-7-12/h8-10,12H,3-7H2,1-2H3,(H,17,18,19). The number of aryl methyl sites for hydroxylation is 1. The van der Waals surface area contributed by atoms with E-state index in [0.717, 1.165) is 28.5 Å². The Hall–Kier alpha value is -1.84. The lowest BCUT2D eigenvalue weighted by molar-refractivity contribution is 0.412. The summed E-state index contributed by atoms with van der Waals surface area (Å²) in [5, 5.41) is 7.50. The van der Waals surface area contributed by atoms with E-state index in [-0.39, 0.29) is 0 Å². The van der Waals surface area contributed by atoms with Crippen LogP contribution in [0.1, 0.15) is 49.4 Å². The molecule has 1 fully saturated rings. The van der Waals surface area contributed by atoms with Crippen LogP contribution in [0.5, 0.6) is 5.75 Å². The smallest absolute Gasteiger partial charge is 0.181 e. The molecule has 0 atom stereocenters. The van der Waals surface area contributed by atoms with Crippen molar-refractivity contribution in [3.63, 3.8) is 0 Å². The molecular formula is C16H21N3O. The topological polar surface area (TPSA) is 50.8 Å². The number of methoxy groups -OCH3 is 1. The average molecular weight is 271 g/mol. The van der Waals surface area contributed by atoms with Gasteiger partial charge in [-0.1, -0.05) is 31.4 Å². The summed E-state index contributed by atoms with van der Waals surface area (Å²) in [4.78, 5) is 4.69. The average Bonchev–Trinajstić information content (AvgIpc) is 2.98. The minimum atomic E-state index is 0.553. The molecule has 1 aliphatic rings. The van der Waals surface area contributed by atoms with Crippen LogP contribution in [0.25, 0.3) is 11.4 Å². The molecule has 4 nitrogen and oxygen atoms in total. The summed E-state index contributed by atoms with van der Waals surface area (Å²) in [6, 6.07) is 6.10. The van der Waals surface area contributed by atoms with Gasteiger partial charge in [0.15, 0.2) is 5.82 Å². The normalized spacial score (nSPS) is 16.3. The van der Waals surface area contributed by atoms with Gasteiger partial charge in [-0.15, -0.1) is 0 Å². The zero-order valence-corrected chi connectivity index (χ0v) is 12.1. The van der Waals surface area contributed by atoms with E-state index in [2.05, 4.69) is 15.2 Å². The predicted octanol–water partition coefficient (Wildman–Crippen LogP) is 3.84. The third-order valence-electron chi connectivity index (χ3n) is 4.16. The van der Waals surface area contributed by atoms with Crippen molar-refractivity contribution in [2.75, 3.05) is 7.11 Å². The first-order chi connectivity index (χ1) is 9.78. The molecule has 0 unspecified atom stereocenters. The number of aromatic amines is 1. The van der Waals surface area contributed by atoms with Gasteiger partial charge in [0.1, 0.15) is 11.6 Å². The summed E-state index contributed by atoms with van der Waals surface area (Å²) in [5.74, 6) is 3.24. The summed E-state index contributed by atoms with van der Waals surface area (Å²) >= 11 is 0. The lowest BCUT2D eigenvalue weighted by Crippen LogP contribution is -2.06. The first-order valence-corrected chi connectivity index (χ1v) is 7.35. The van der Waals surface area contributed by atoms with Gasteiger partial charge in [0.05, 0.1) is 7.11 Å². The molecule has 1 saturated carbocycles. The molecule has 2 aromatic rings. The Kier molecular flexibility index (Phi) is 3.72. The van der Waals surface area contributed by atoms with Gasteiger partial charge in [-0.3, -0.25) is 5.10 Å². The predicted molar refractivity (Wildman–Crippen MR) is 78.9 cm³/mol. The highest BCUT2D eigenvalue weighted by Crippen LogP contribution is 2.32. The molecule has 1 aliphatic carbocycles. The van der Waals surface area contributed by atoms with Crippen LogP contribution in [-0.2, 0) is 0 Å². The first-order valence-electron chi connectivity index (χ1n) is 7.35. The molecule has 1 N–H and O–H groups in total. The molecule has 1 aromatic heterocycles. The van der Waals surface area contributed by atoms with E-state index in [4.69, 9.17) is 4.74 Å². The molecule has 1 aromatic carbocycles. The first kappa shape index (κ1) is 13.2. The van der Waals surface area contributed by atoms with Gasteiger partial charge in [-0.2, -0.15) is 5.10 Å². The van der Waals surface area contributed by atoms with Crippen molar-refractivity contribution in [2.24, 2.45) is 0 Å². The molecule has 106 valence electrons. The van der Waals surface area contributed by atoms with Crippen LogP contribution in [0.15, 0.2) is 18.2 Å². The molecule has 3 rings (SSSR count). The van der Waals surface area contributed by atoms with E-state index in [9.17, 15) is 0 Å². The third-order valence-corrected chi connectivity index (χ3v) is 4.16. The Morgan fingerprint density at radius 2 is 2.00 bits per heavy atom. The monoisotopic (exact) mass is 271 g/mol. The maximum absolute atomic E-state index is 5.36. The van der Waals surface area contributed by atoms with Crippen molar-refractivity contribution in [1.29, 1.82) is 0 Å². The highest BCUT2D eigenvalue weighted by molar-refractivity contribution is 5.59. The van der Waals surface area contributed by atoms with E-state index in [0.29, 0.717) is 5.92 Å². The quantitative estimate of drug-likeness (QED) is 0.922. The Bertz CT molecular complexity index is 585. The third kappa shape index (κ3) is 2.55. The van der Waals surface area contributed by atoms with Gasteiger partial charge in [0, 0.05) is 11.5 Å². The van der Waals surface area contributed by atoms with Crippen LogP contribution in [-0.4, -0.2) is 22.3 Å². The van der Waals surface area contributed by atoms with Gasteiger partial charge < -0.3 is 4.74 Å². The van der Waals surface area contributed by atoms with Crippen molar-refractivity contribution in [3.8, 4) is 17.1 Å². The highest BCUT2D eigenvalue weighted by Gasteiger charge is 2.19. The van der Waals surface area contributed by atoms with Gasteiger partial charge in [-0.05, 0) is 31.4 Å². The van der Waals surface area contributed by atoms with Crippen LogP contribution in [0.2, 0.25) is 0 Å². The number of hydrogen-bond donors (Lipinski definition) is 1. The van der Waals surface area contributed by atoms with Gasteiger partial charge in [0.2, 0.25) is 0 Å². The molecule has 0 radical (unpaired) electrons. The lowest BCUT2D eigenvalue weighted by atomic mass is 9.89. The summed E-state index contributed by atoms with van der Waals surface area (Å²) in [7, 11) is 1.69. The van der Waals surface area contributed by atoms with Gasteiger partial charge in [-0.25, -0.2) is 4.98 Å². The summed E-state index contributed by atoms with van der Waals surface area (Å²) in [6.07, 6.45) is 6.42. The van der Waals surface area contributed by atoms with Crippen LogP contribution in [0.4, 0.5) is 0 Å². The van der Waals surface area contributed by atoms with E-state index in [1.54, 1.807) is 7.11 Å². The van der Waals surface area contributed by atoms with Crippen LogP contribution < -0.4 is 4.74 Å². The maximum atomic E-state index is 5.36. The second-order valence-corrected chi connectivity index (χ2v) is 5.56. The number of nitrogens with zero attached hydrogens (tertiary/aromatic N) is 2. The Morgan fingerprint density at radius 1 is 1.20 bits per heavy atom. The molecule has 4 heteroatoms. The maximum Gasteiger partial charge on any atom is 0.181 e. The molecule has 1 heterocycles. The SMILES string of the molecule is COc1cc(-c2n[nH]c(C3CCCCC3)n2)ccc1C. The van der Waals surface area contributed by atoms with E-state index >= 15 is 0 Å². The second kappa shape index (κ2) is 5.65. The summed E-state index contributed by atoms with van der Waals surface area (Å²) < 4.78 is 5.36. The number of benzene rings is 1. The number of rotatable bonds is 3. The van der Waals surface area contributed by atoms with Crippen molar-refractivity contribution in [3.05, 3.63) is 29.6 Å². The summed E-state index contributed by atoms with van der Waals surface area (Å²) in [5.41, 5.74) is 2.13. The number of nitrogens with one attached hydrogen (secondary N) is 1. The zero-order valence-electron chi connectivity index (χ0n) is 12.1. The molecule has 0 bridgehead atoms. The molecule has 0 aliphatic heterocycles. The van der Waals surface area contributed by atoms with Gasteiger partial charge in [0.25, 0.3) is 0 Å². The Morgan fingerprint density at radius 3 is 2.75 bits per heavy atom. The van der Waals surface area contributed by atoms with Crippen LogP contribution in [0.3, 0.4) is 0 Å². The second-order valence-electron chi connectivity index (χ2n) is 5.56. The summed E-state index contributed by atoms with van der Waals surface area (Å²) in [6.45, 7) is 2.04. The Labute approximate surface area is 119 Å². The minimum absolute atomic E-state index is 0.553. The Balaban J connectivity index is 1.85. The van der Waals surface area contributed by atoms with Crippen molar-refractivity contribution >= 4 is 0 Å². The molecular weight excluding hydrogens is 250 g/mol. The van der Waals surface area contributed by atoms with Gasteiger partial charge >= 0.3 is 0 Å². The largest absolute Gasteiger partial charge is 0.496 e. The fraction of sp³-hybridized carbons (Fsp3) is 0.500. The van der Waals surface area contributed by atoms with Crippen molar-refractivity contribution < 1.29 is 4.74 Å². The van der Waals surface area contributed by atoms with Crippen LogP contribution >= 0.6 is 0 Å². The fourth-order valence-electron chi connectivity index (χ4n) is 2.92. The fourth-order valence-corrected chi connectivity index (χ4v) is 2.92. The lowest BCUT2D eigenvalue weighted by Gasteiger charge is -2.18. The van der Waals surface area contributed by atoms with E-state index in [1.807, 2.05) is 25.1 Å². The molecule has 0 spiro atoms. The molecule has 20 heavy (non-hydrogen) atoms. The number of H-pyrrole nitrogens is 1. The molecule has 0 saturated heterocycles. The minimum Gasteiger partial charge on any atom is -0.496 e. The van der Waals surface area contributed by atoms with E-state index < -0.39 is 0 Å². The molecule has 0 amide bonds. The van der Waals surface area contributed by atoms with E-state index in [1.165, 1.54) is 32.1 Å². The number of aromatic nitrogens is 3. The number of hydrogen-bond acceptors (Lipinski definition) is 3. The number of ether oxygens (including phenoxy) is 1. The highest BCUT2D eigenvalue weighted by atomic mass is 16.5. The zero-order chi connectivity index (χ0) is 13.9.